The van der Waals surface area contributed by atoms with E-state index in [0.717, 1.165) is 39.0 Å². The van der Waals surface area contributed by atoms with Crippen LogP contribution in [0.15, 0.2) is 0 Å². The highest BCUT2D eigenvalue weighted by Crippen LogP contribution is 2.27. The molecule has 0 aromatic carbocycles. The molecular weight excluding hydrogens is 190 g/mol. The van der Waals surface area contributed by atoms with Crippen molar-refractivity contribution in [2.45, 2.75) is 44.6 Å². The topological polar surface area (TPSA) is 39.9 Å². The van der Waals surface area contributed by atoms with E-state index in [9.17, 15) is 0 Å². The van der Waals surface area contributed by atoms with Crippen LogP contribution in [0, 0.1) is 0 Å². The average molecular weight is 207 g/mol. The number of ether oxygens (including phenoxy) is 1. The minimum atomic E-state index is 0.582. The Morgan fingerprint density at radius 3 is 2.87 bits per heavy atom. The van der Waals surface area contributed by atoms with Crippen LogP contribution in [0.3, 0.4) is 0 Å². The summed E-state index contributed by atoms with van der Waals surface area (Å²) in [6, 6.07) is 0. The van der Waals surface area contributed by atoms with E-state index >= 15 is 0 Å². The Kier molecular flexibility index (Phi) is 2.44. The van der Waals surface area contributed by atoms with E-state index in [2.05, 4.69) is 14.8 Å². The van der Waals surface area contributed by atoms with Crippen LogP contribution in [-0.2, 0) is 17.7 Å². The number of hydrogen-bond acceptors (Lipinski definition) is 3. The molecule has 3 heterocycles. The van der Waals surface area contributed by atoms with Crippen LogP contribution in [0.5, 0.6) is 0 Å². The summed E-state index contributed by atoms with van der Waals surface area (Å²) < 4.78 is 7.73. The van der Waals surface area contributed by atoms with Gasteiger partial charge in [0.1, 0.15) is 11.6 Å². The molecule has 1 aromatic heterocycles. The van der Waals surface area contributed by atoms with Crippen LogP contribution >= 0.6 is 0 Å². The van der Waals surface area contributed by atoms with Crippen LogP contribution in [0.2, 0.25) is 0 Å². The predicted octanol–water partition coefficient (Wildman–Crippen LogP) is 1.51. The van der Waals surface area contributed by atoms with Crippen molar-refractivity contribution in [1.82, 2.24) is 14.8 Å². The van der Waals surface area contributed by atoms with Crippen molar-refractivity contribution in [3.8, 4) is 0 Å². The fourth-order valence-electron chi connectivity index (χ4n) is 2.59. The van der Waals surface area contributed by atoms with Gasteiger partial charge in [0.15, 0.2) is 0 Å². The first kappa shape index (κ1) is 9.33. The zero-order valence-electron chi connectivity index (χ0n) is 8.98. The van der Waals surface area contributed by atoms with Gasteiger partial charge in [-0.15, -0.1) is 10.2 Å². The third-order valence-electron chi connectivity index (χ3n) is 3.47. The Labute approximate surface area is 89.6 Å². The molecular formula is C11H17N3O. The van der Waals surface area contributed by atoms with Gasteiger partial charge in [-0.1, -0.05) is 0 Å². The van der Waals surface area contributed by atoms with Gasteiger partial charge in [-0.3, -0.25) is 0 Å². The molecule has 0 radical (unpaired) electrons. The van der Waals surface area contributed by atoms with Crippen LogP contribution in [0.1, 0.15) is 43.3 Å². The van der Waals surface area contributed by atoms with Gasteiger partial charge in [0.2, 0.25) is 0 Å². The Morgan fingerprint density at radius 1 is 1.13 bits per heavy atom. The molecule has 0 spiro atoms. The minimum absolute atomic E-state index is 0.582. The van der Waals surface area contributed by atoms with Gasteiger partial charge in [-0.25, -0.2) is 0 Å². The molecule has 0 N–H and O–H groups in total. The summed E-state index contributed by atoms with van der Waals surface area (Å²) in [6.07, 6.45) is 5.87. The van der Waals surface area contributed by atoms with Crippen molar-refractivity contribution in [3.63, 3.8) is 0 Å². The maximum atomic E-state index is 5.38. The third kappa shape index (κ3) is 1.67. The summed E-state index contributed by atoms with van der Waals surface area (Å²) in [5, 5.41) is 8.68. The highest BCUT2D eigenvalue weighted by Gasteiger charge is 2.24. The maximum absolute atomic E-state index is 5.38. The fraction of sp³-hybridized carbons (Fsp3) is 0.818. The monoisotopic (exact) mass is 207 g/mol. The molecule has 0 atom stereocenters. The van der Waals surface area contributed by atoms with Crippen molar-refractivity contribution in [2.75, 3.05) is 13.2 Å². The molecule has 82 valence electrons. The lowest BCUT2D eigenvalue weighted by molar-refractivity contribution is 0.0826. The molecule has 2 aliphatic rings. The van der Waals surface area contributed by atoms with Crippen molar-refractivity contribution in [3.05, 3.63) is 11.6 Å². The molecule has 0 bridgehead atoms. The Balaban J connectivity index is 1.87. The summed E-state index contributed by atoms with van der Waals surface area (Å²) in [7, 11) is 0. The van der Waals surface area contributed by atoms with Crippen molar-refractivity contribution >= 4 is 0 Å². The predicted molar refractivity (Wildman–Crippen MR) is 55.8 cm³/mol. The largest absolute Gasteiger partial charge is 0.381 e. The second kappa shape index (κ2) is 3.93. The summed E-state index contributed by atoms with van der Waals surface area (Å²) >= 11 is 0. The van der Waals surface area contributed by atoms with Gasteiger partial charge < -0.3 is 9.30 Å². The van der Waals surface area contributed by atoms with Gasteiger partial charge in [0.05, 0.1) is 0 Å². The Bertz CT molecular complexity index is 342. The van der Waals surface area contributed by atoms with Crippen molar-refractivity contribution < 1.29 is 4.74 Å². The number of hydrogen-bond donors (Lipinski definition) is 0. The molecule has 0 unspecified atom stereocenters. The number of aryl methyl sites for hydroxylation is 1. The van der Waals surface area contributed by atoms with Crippen LogP contribution in [0.25, 0.3) is 0 Å². The van der Waals surface area contributed by atoms with E-state index in [0.29, 0.717) is 5.92 Å². The molecule has 2 aliphatic heterocycles. The zero-order chi connectivity index (χ0) is 10.1. The van der Waals surface area contributed by atoms with Gasteiger partial charge in [0, 0.05) is 32.1 Å². The molecule has 1 fully saturated rings. The smallest absolute Gasteiger partial charge is 0.136 e. The molecule has 1 aromatic rings. The number of fused-ring (bicyclic) bond motifs is 1. The van der Waals surface area contributed by atoms with E-state index in [4.69, 9.17) is 4.74 Å². The third-order valence-corrected chi connectivity index (χ3v) is 3.47. The fourth-order valence-corrected chi connectivity index (χ4v) is 2.59. The molecule has 4 nitrogen and oxygen atoms in total. The standard InChI is InChI=1S/C11H17N3O/c1-2-6-14-10(3-1)12-13-11(14)9-4-7-15-8-5-9/h9H,1-8H2. The van der Waals surface area contributed by atoms with Crippen LogP contribution in [0.4, 0.5) is 0 Å². The molecule has 0 amide bonds. The zero-order valence-corrected chi connectivity index (χ0v) is 8.98. The maximum Gasteiger partial charge on any atom is 0.136 e. The van der Waals surface area contributed by atoms with E-state index in [1.54, 1.807) is 0 Å². The highest BCUT2D eigenvalue weighted by atomic mass is 16.5. The van der Waals surface area contributed by atoms with Gasteiger partial charge in [-0.2, -0.15) is 0 Å². The number of rotatable bonds is 1. The van der Waals surface area contributed by atoms with Crippen LogP contribution in [-0.4, -0.2) is 28.0 Å². The summed E-state index contributed by atoms with van der Waals surface area (Å²) in [6.45, 7) is 2.88. The van der Waals surface area contributed by atoms with E-state index in [1.807, 2.05) is 0 Å². The normalized spacial score (nSPS) is 22.7. The van der Waals surface area contributed by atoms with E-state index in [-0.39, 0.29) is 0 Å². The molecule has 0 saturated carbocycles. The quantitative estimate of drug-likeness (QED) is 0.700. The summed E-state index contributed by atoms with van der Waals surface area (Å²) in [4.78, 5) is 0. The first-order chi connectivity index (χ1) is 7.45. The molecule has 3 rings (SSSR count). The first-order valence-corrected chi connectivity index (χ1v) is 5.95. The Hall–Kier alpha value is -0.900. The van der Waals surface area contributed by atoms with Gasteiger partial charge >= 0.3 is 0 Å². The number of aromatic nitrogens is 3. The van der Waals surface area contributed by atoms with E-state index < -0.39 is 0 Å². The number of nitrogens with zero attached hydrogens (tertiary/aromatic N) is 3. The van der Waals surface area contributed by atoms with Crippen molar-refractivity contribution in [1.29, 1.82) is 0 Å². The molecule has 0 aliphatic carbocycles. The molecule has 4 heteroatoms. The lowest BCUT2D eigenvalue weighted by Gasteiger charge is -2.23. The van der Waals surface area contributed by atoms with Crippen molar-refractivity contribution in [2.24, 2.45) is 0 Å². The average Bonchev–Trinajstić information content (AvgIpc) is 2.74. The lowest BCUT2D eigenvalue weighted by Crippen LogP contribution is -2.20. The first-order valence-electron chi connectivity index (χ1n) is 5.95. The minimum Gasteiger partial charge on any atom is -0.381 e. The second-order valence-electron chi connectivity index (χ2n) is 4.47. The second-order valence-corrected chi connectivity index (χ2v) is 4.47. The van der Waals surface area contributed by atoms with Gasteiger partial charge in [0.25, 0.3) is 0 Å². The molecule has 15 heavy (non-hydrogen) atoms. The highest BCUT2D eigenvalue weighted by molar-refractivity contribution is 5.04. The van der Waals surface area contributed by atoms with Gasteiger partial charge in [-0.05, 0) is 25.7 Å². The Morgan fingerprint density at radius 2 is 2.00 bits per heavy atom. The van der Waals surface area contributed by atoms with E-state index in [1.165, 1.54) is 24.5 Å². The lowest BCUT2D eigenvalue weighted by atomic mass is 9.99. The summed E-state index contributed by atoms with van der Waals surface area (Å²) in [5.41, 5.74) is 0. The SMILES string of the molecule is C1CCn2c(nnc2C2CCOCC2)C1. The molecule has 1 saturated heterocycles. The van der Waals surface area contributed by atoms with Crippen LogP contribution < -0.4 is 0 Å². The summed E-state index contributed by atoms with van der Waals surface area (Å²) in [5.74, 6) is 2.99.